The molecule has 2 aromatic carbocycles. The number of ether oxygens (including phenoxy) is 2. The van der Waals surface area contributed by atoms with Crippen LogP contribution in [0.15, 0.2) is 72.8 Å². The summed E-state index contributed by atoms with van der Waals surface area (Å²) in [6, 6.07) is 21.8. The number of hydrogen-bond acceptors (Lipinski definition) is 4. The third-order valence-corrected chi connectivity index (χ3v) is 3.54. The fraction of sp³-hybridized carbons (Fsp3) is 0.143. The first-order valence-electron chi connectivity index (χ1n) is 8.19. The topological polar surface area (TPSA) is 44.2 Å². The second-order valence-corrected chi connectivity index (χ2v) is 5.49. The van der Waals surface area contributed by atoms with Crippen molar-refractivity contribution in [3.63, 3.8) is 0 Å². The second-order valence-electron chi connectivity index (χ2n) is 5.49. The van der Waals surface area contributed by atoms with Crippen molar-refractivity contribution < 1.29 is 9.47 Å². The number of hydrogen-bond donors (Lipinski definition) is 0. The lowest BCUT2D eigenvalue weighted by atomic mass is 10.2. The summed E-state index contributed by atoms with van der Waals surface area (Å²) in [4.78, 5) is 0. The smallest absolute Gasteiger partial charge is 0.276 e. The molecule has 0 aliphatic carbocycles. The number of rotatable bonds is 7. The summed E-state index contributed by atoms with van der Waals surface area (Å²) >= 11 is 0. The predicted octanol–water partition coefficient (Wildman–Crippen LogP) is 4.67. The van der Waals surface area contributed by atoms with Crippen LogP contribution in [0.4, 0.5) is 0 Å². The van der Waals surface area contributed by atoms with Crippen molar-refractivity contribution in [1.82, 2.24) is 10.2 Å². The molecule has 0 aliphatic rings. The molecule has 0 saturated carbocycles. The molecule has 25 heavy (non-hydrogen) atoms. The Kier molecular flexibility index (Phi) is 5.77. The maximum Gasteiger partial charge on any atom is 0.276 e. The molecule has 0 unspecified atom stereocenters. The Labute approximate surface area is 147 Å². The molecule has 0 fully saturated rings. The average molecular weight is 332 g/mol. The molecule has 0 aliphatic heterocycles. The maximum atomic E-state index is 5.94. The van der Waals surface area contributed by atoms with Gasteiger partial charge in [-0.25, -0.2) is 0 Å². The van der Waals surface area contributed by atoms with Gasteiger partial charge in [0.1, 0.15) is 13.2 Å². The summed E-state index contributed by atoms with van der Waals surface area (Å²) < 4.78 is 11.8. The molecule has 4 heteroatoms. The van der Waals surface area contributed by atoms with Crippen LogP contribution < -0.4 is 9.47 Å². The third kappa shape index (κ3) is 4.91. The highest BCUT2D eigenvalue weighted by atomic mass is 16.5. The highest BCUT2D eigenvalue weighted by Gasteiger charge is 2.10. The molecule has 0 spiro atoms. The van der Waals surface area contributed by atoms with Crippen LogP contribution in [0.3, 0.4) is 0 Å². The molecular formula is C21H20N2O2. The molecule has 1 aromatic heterocycles. The molecule has 0 radical (unpaired) electrons. The van der Waals surface area contributed by atoms with Gasteiger partial charge >= 0.3 is 0 Å². The van der Waals surface area contributed by atoms with E-state index in [2.05, 4.69) is 10.2 Å². The molecular weight excluding hydrogens is 312 g/mol. The van der Waals surface area contributed by atoms with Crippen molar-refractivity contribution >= 4 is 6.08 Å². The zero-order chi connectivity index (χ0) is 17.3. The molecule has 126 valence electrons. The van der Waals surface area contributed by atoms with Crippen molar-refractivity contribution in [3.05, 3.63) is 89.6 Å². The molecule has 1 heterocycles. The quantitative estimate of drug-likeness (QED) is 0.631. The van der Waals surface area contributed by atoms with Crippen LogP contribution >= 0.6 is 0 Å². The molecule has 3 rings (SSSR count). The number of aromatic nitrogens is 2. The van der Waals surface area contributed by atoms with Gasteiger partial charge in [-0.3, -0.25) is 0 Å². The predicted molar refractivity (Wildman–Crippen MR) is 98.3 cm³/mol. The molecule has 0 bridgehead atoms. The zero-order valence-corrected chi connectivity index (χ0v) is 14.1. The van der Waals surface area contributed by atoms with Crippen LogP contribution in [-0.4, -0.2) is 10.2 Å². The van der Waals surface area contributed by atoms with Crippen LogP contribution in [0.25, 0.3) is 6.08 Å². The van der Waals surface area contributed by atoms with Gasteiger partial charge in [0.05, 0.1) is 5.69 Å². The highest BCUT2D eigenvalue weighted by molar-refractivity contribution is 5.48. The van der Waals surface area contributed by atoms with Crippen molar-refractivity contribution in [1.29, 1.82) is 0 Å². The summed E-state index contributed by atoms with van der Waals surface area (Å²) in [6.45, 7) is 2.80. The summed E-state index contributed by atoms with van der Waals surface area (Å²) in [5, 5.41) is 8.33. The standard InChI is InChI=1S/C21H20N2O2/c1-2-9-19-14-20(24-15-17-10-5-3-6-11-17)21(23-22-19)25-16-18-12-7-4-8-13-18/h2-14H,15-16H2,1H3/b9-2+. The minimum atomic E-state index is 0.396. The normalized spacial score (nSPS) is 10.8. The molecule has 4 nitrogen and oxygen atoms in total. The lowest BCUT2D eigenvalue weighted by Crippen LogP contribution is -2.04. The van der Waals surface area contributed by atoms with Gasteiger partial charge in [-0.15, -0.1) is 10.2 Å². The van der Waals surface area contributed by atoms with E-state index in [0.717, 1.165) is 16.8 Å². The second kappa shape index (κ2) is 8.64. The van der Waals surface area contributed by atoms with Crippen molar-refractivity contribution in [2.24, 2.45) is 0 Å². The maximum absolute atomic E-state index is 5.94. The molecule has 0 amide bonds. The van der Waals surface area contributed by atoms with Gasteiger partial charge in [-0.1, -0.05) is 66.7 Å². The Morgan fingerprint density at radius 3 is 2.00 bits per heavy atom. The van der Waals surface area contributed by atoms with E-state index in [1.54, 1.807) is 0 Å². The number of benzene rings is 2. The third-order valence-electron chi connectivity index (χ3n) is 3.54. The van der Waals surface area contributed by atoms with Gasteiger partial charge in [0.2, 0.25) is 0 Å². The molecule has 0 N–H and O–H groups in total. The van der Waals surface area contributed by atoms with E-state index >= 15 is 0 Å². The molecule has 0 saturated heterocycles. The summed E-state index contributed by atoms with van der Waals surface area (Å²) in [7, 11) is 0. The number of allylic oxidation sites excluding steroid dienone is 1. The van der Waals surface area contributed by atoms with E-state index in [1.165, 1.54) is 0 Å². The van der Waals surface area contributed by atoms with E-state index in [0.29, 0.717) is 24.8 Å². The van der Waals surface area contributed by atoms with Gasteiger partial charge < -0.3 is 9.47 Å². The fourth-order valence-corrected chi connectivity index (χ4v) is 2.29. The van der Waals surface area contributed by atoms with Crippen molar-refractivity contribution in [2.75, 3.05) is 0 Å². The number of nitrogens with zero attached hydrogens (tertiary/aromatic N) is 2. The van der Waals surface area contributed by atoms with E-state index in [9.17, 15) is 0 Å². The fourth-order valence-electron chi connectivity index (χ4n) is 2.29. The van der Waals surface area contributed by atoms with Crippen LogP contribution in [-0.2, 0) is 13.2 Å². The van der Waals surface area contributed by atoms with E-state index < -0.39 is 0 Å². The van der Waals surface area contributed by atoms with E-state index in [4.69, 9.17) is 9.47 Å². The van der Waals surface area contributed by atoms with Crippen LogP contribution in [0.1, 0.15) is 23.7 Å². The first kappa shape index (κ1) is 16.7. The highest BCUT2D eigenvalue weighted by Crippen LogP contribution is 2.26. The lowest BCUT2D eigenvalue weighted by Gasteiger charge is -2.12. The Hall–Kier alpha value is -3.14. The van der Waals surface area contributed by atoms with Crippen molar-refractivity contribution in [3.8, 4) is 11.6 Å². The summed E-state index contributed by atoms with van der Waals surface area (Å²) in [5.74, 6) is 0.982. The Morgan fingerprint density at radius 1 is 0.800 bits per heavy atom. The van der Waals surface area contributed by atoms with Gasteiger partial charge in [0, 0.05) is 6.07 Å². The minimum absolute atomic E-state index is 0.396. The molecule has 3 aromatic rings. The van der Waals surface area contributed by atoms with E-state index in [1.807, 2.05) is 85.8 Å². The van der Waals surface area contributed by atoms with Gasteiger partial charge in [-0.2, -0.15) is 0 Å². The Bertz CT molecular complexity index is 818. The summed E-state index contributed by atoms with van der Waals surface area (Å²) in [6.07, 6.45) is 3.79. The summed E-state index contributed by atoms with van der Waals surface area (Å²) in [5.41, 5.74) is 2.88. The Morgan fingerprint density at radius 2 is 1.40 bits per heavy atom. The van der Waals surface area contributed by atoms with Crippen LogP contribution in [0, 0.1) is 0 Å². The lowest BCUT2D eigenvalue weighted by molar-refractivity contribution is 0.244. The first-order valence-corrected chi connectivity index (χ1v) is 8.19. The average Bonchev–Trinajstić information content (AvgIpc) is 2.67. The monoisotopic (exact) mass is 332 g/mol. The largest absolute Gasteiger partial charge is 0.483 e. The van der Waals surface area contributed by atoms with Gasteiger partial charge in [-0.05, 0) is 24.1 Å². The van der Waals surface area contributed by atoms with Gasteiger partial charge in [0.15, 0.2) is 5.75 Å². The first-order chi connectivity index (χ1) is 12.3. The van der Waals surface area contributed by atoms with Crippen LogP contribution in [0.2, 0.25) is 0 Å². The van der Waals surface area contributed by atoms with E-state index in [-0.39, 0.29) is 0 Å². The zero-order valence-electron chi connectivity index (χ0n) is 14.1. The SMILES string of the molecule is C/C=C/c1cc(OCc2ccccc2)c(OCc2ccccc2)nn1. The van der Waals surface area contributed by atoms with Gasteiger partial charge in [0.25, 0.3) is 5.88 Å². The van der Waals surface area contributed by atoms with Crippen LogP contribution in [0.5, 0.6) is 11.6 Å². The molecule has 0 atom stereocenters. The Balaban J connectivity index is 1.76. The minimum Gasteiger partial charge on any atom is -0.483 e. The van der Waals surface area contributed by atoms with Crippen molar-refractivity contribution in [2.45, 2.75) is 20.1 Å².